The third-order valence-corrected chi connectivity index (χ3v) is 2.90. The van der Waals surface area contributed by atoms with Crippen LogP contribution in [0.5, 0.6) is 5.75 Å². The summed E-state index contributed by atoms with van der Waals surface area (Å²) in [6.07, 6.45) is -0.753. The van der Waals surface area contributed by atoms with Crippen LogP contribution in [0, 0.1) is 10.1 Å². The molecule has 20 heavy (non-hydrogen) atoms. The van der Waals surface area contributed by atoms with Crippen LogP contribution in [0.25, 0.3) is 0 Å². The van der Waals surface area contributed by atoms with Gasteiger partial charge in [0.15, 0.2) is 5.75 Å². The number of rotatable bonds is 5. The van der Waals surface area contributed by atoms with E-state index >= 15 is 0 Å². The van der Waals surface area contributed by atoms with Crippen molar-refractivity contribution in [3.05, 3.63) is 69.8 Å². The Hall–Kier alpha value is -2.40. The summed E-state index contributed by atoms with van der Waals surface area (Å²) in [5, 5.41) is 20.5. The van der Waals surface area contributed by atoms with E-state index in [1.54, 1.807) is 13.0 Å². The van der Waals surface area contributed by atoms with E-state index in [4.69, 9.17) is 4.74 Å². The maximum Gasteiger partial charge on any atom is 0.311 e. The molecule has 0 radical (unpaired) electrons. The van der Waals surface area contributed by atoms with Gasteiger partial charge in [-0.25, -0.2) is 0 Å². The van der Waals surface area contributed by atoms with Crippen LogP contribution in [0.15, 0.2) is 48.5 Å². The second kappa shape index (κ2) is 6.16. The normalized spacial score (nSPS) is 11.9. The van der Waals surface area contributed by atoms with E-state index in [9.17, 15) is 15.2 Å². The summed E-state index contributed by atoms with van der Waals surface area (Å²) < 4.78 is 5.50. The molecular formula is C15H15NO4. The summed E-state index contributed by atoms with van der Waals surface area (Å²) in [5.41, 5.74) is 1.28. The number of nitrogens with zero attached hydrogens (tertiary/aromatic N) is 1. The molecule has 0 amide bonds. The van der Waals surface area contributed by atoms with Gasteiger partial charge in [-0.3, -0.25) is 10.1 Å². The number of nitro benzene ring substituents is 1. The van der Waals surface area contributed by atoms with E-state index in [0.717, 1.165) is 5.56 Å². The fraction of sp³-hybridized carbons (Fsp3) is 0.200. The van der Waals surface area contributed by atoms with E-state index in [0.29, 0.717) is 5.56 Å². The molecule has 0 aliphatic heterocycles. The van der Waals surface area contributed by atoms with Crippen molar-refractivity contribution < 1.29 is 14.8 Å². The van der Waals surface area contributed by atoms with Gasteiger partial charge in [-0.15, -0.1) is 0 Å². The first-order valence-electron chi connectivity index (χ1n) is 6.21. The molecule has 2 rings (SSSR count). The highest BCUT2D eigenvalue weighted by atomic mass is 16.6. The van der Waals surface area contributed by atoms with Gasteiger partial charge in [-0.2, -0.15) is 0 Å². The van der Waals surface area contributed by atoms with Crippen LogP contribution >= 0.6 is 0 Å². The molecule has 0 aliphatic carbocycles. The molecule has 0 saturated carbocycles. The molecule has 1 N–H and O–H groups in total. The first kappa shape index (κ1) is 14.0. The lowest BCUT2D eigenvalue weighted by Crippen LogP contribution is -2.01. The Labute approximate surface area is 116 Å². The highest BCUT2D eigenvalue weighted by Gasteiger charge is 2.17. The smallest absolute Gasteiger partial charge is 0.311 e. The molecule has 5 nitrogen and oxygen atoms in total. The van der Waals surface area contributed by atoms with Gasteiger partial charge in [-0.1, -0.05) is 36.4 Å². The molecule has 0 saturated heterocycles. The van der Waals surface area contributed by atoms with Gasteiger partial charge in [0, 0.05) is 6.07 Å². The largest absolute Gasteiger partial charge is 0.482 e. The fourth-order valence-electron chi connectivity index (χ4n) is 1.79. The molecule has 0 unspecified atom stereocenters. The van der Waals surface area contributed by atoms with Crippen molar-refractivity contribution in [3.8, 4) is 5.75 Å². The lowest BCUT2D eigenvalue weighted by Gasteiger charge is -2.09. The first-order chi connectivity index (χ1) is 9.58. The third-order valence-electron chi connectivity index (χ3n) is 2.90. The van der Waals surface area contributed by atoms with Crippen LogP contribution in [-0.4, -0.2) is 10.0 Å². The summed E-state index contributed by atoms with van der Waals surface area (Å²) in [4.78, 5) is 10.5. The lowest BCUT2D eigenvalue weighted by molar-refractivity contribution is -0.386. The summed E-state index contributed by atoms with van der Waals surface area (Å²) in [6.45, 7) is 1.82. The van der Waals surface area contributed by atoms with Gasteiger partial charge in [0.05, 0.1) is 11.0 Å². The summed E-state index contributed by atoms with van der Waals surface area (Å²) in [6, 6.07) is 13.9. The Morgan fingerprint density at radius 1 is 1.25 bits per heavy atom. The van der Waals surface area contributed by atoms with Crippen LogP contribution in [0.4, 0.5) is 5.69 Å². The van der Waals surface area contributed by atoms with E-state index in [-0.39, 0.29) is 18.0 Å². The van der Waals surface area contributed by atoms with Crippen LogP contribution < -0.4 is 4.74 Å². The molecule has 0 spiro atoms. The minimum Gasteiger partial charge on any atom is -0.482 e. The minimum atomic E-state index is -0.753. The summed E-state index contributed by atoms with van der Waals surface area (Å²) >= 11 is 0. The van der Waals surface area contributed by atoms with E-state index < -0.39 is 11.0 Å². The first-order valence-corrected chi connectivity index (χ1v) is 6.21. The van der Waals surface area contributed by atoms with Crippen molar-refractivity contribution in [2.45, 2.75) is 19.6 Å². The quantitative estimate of drug-likeness (QED) is 0.670. The Bertz CT molecular complexity index is 596. The fourth-order valence-corrected chi connectivity index (χ4v) is 1.79. The van der Waals surface area contributed by atoms with E-state index in [1.807, 2.05) is 30.3 Å². The highest BCUT2D eigenvalue weighted by molar-refractivity contribution is 5.49. The number of nitro groups is 1. The monoisotopic (exact) mass is 273 g/mol. The zero-order valence-electron chi connectivity index (χ0n) is 11.0. The van der Waals surface area contributed by atoms with Crippen LogP contribution in [0.1, 0.15) is 24.2 Å². The zero-order chi connectivity index (χ0) is 14.5. The Morgan fingerprint density at radius 3 is 2.55 bits per heavy atom. The number of ether oxygens (including phenoxy) is 1. The van der Waals surface area contributed by atoms with Crippen molar-refractivity contribution in [1.82, 2.24) is 0 Å². The molecule has 1 atom stereocenters. The molecule has 104 valence electrons. The predicted molar refractivity (Wildman–Crippen MR) is 74.5 cm³/mol. The maximum atomic E-state index is 11.1. The minimum absolute atomic E-state index is 0.140. The second-order valence-corrected chi connectivity index (χ2v) is 4.43. The Morgan fingerprint density at radius 2 is 1.95 bits per heavy atom. The van der Waals surface area contributed by atoms with Gasteiger partial charge in [0.2, 0.25) is 0 Å². The van der Waals surface area contributed by atoms with Crippen LogP contribution in [0.2, 0.25) is 0 Å². The number of benzene rings is 2. The molecule has 0 aromatic heterocycles. The highest BCUT2D eigenvalue weighted by Crippen LogP contribution is 2.30. The molecule has 2 aromatic carbocycles. The van der Waals surface area contributed by atoms with Gasteiger partial charge >= 0.3 is 5.69 Å². The van der Waals surface area contributed by atoms with Crippen molar-refractivity contribution in [2.75, 3.05) is 0 Å². The van der Waals surface area contributed by atoms with E-state index in [1.165, 1.54) is 12.1 Å². The van der Waals surface area contributed by atoms with Gasteiger partial charge in [0.25, 0.3) is 0 Å². The topological polar surface area (TPSA) is 72.6 Å². The SMILES string of the molecule is C[C@@H](O)c1ccc(OCc2ccccc2)c([N+](=O)[O-])c1. The van der Waals surface area contributed by atoms with Crippen LogP contribution in [-0.2, 0) is 6.61 Å². The van der Waals surface area contributed by atoms with Gasteiger partial charge in [-0.05, 0) is 24.1 Å². The average molecular weight is 273 g/mol. The molecule has 0 aliphatic rings. The molecule has 0 fully saturated rings. The third kappa shape index (κ3) is 3.33. The molecule has 2 aromatic rings. The number of aliphatic hydroxyl groups is 1. The Kier molecular flexibility index (Phi) is 4.32. The second-order valence-electron chi connectivity index (χ2n) is 4.43. The lowest BCUT2D eigenvalue weighted by atomic mass is 10.1. The zero-order valence-corrected chi connectivity index (χ0v) is 11.0. The molecular weight excluding hydrogens is 258 g/mol. The van der Waals surface area contributed by atoms with Gasteiger partial charge in [0.1, 0.15) is 6.61 Å². The van der Waals surface area contributed by atoms with Crippen molar-refractivity contribution in [3.63, 3.8) is 0 Å². The molecule has 0 heterocycles. The standard InChI is InChI=1S/C15H15NO4/c1-11(17)13-7-8-15(14(9-13)16(18)19)20-10-12-5-3-2-4-6-12/h2-9,11,17H,10H2,1H3/t11-/m1/s1. The predicted octanol–water partition coefficient (Wildman–Crippen LogP) is 3.23. The van der Waals surface area contributed by atoms with Crippen molar-refractivity contribution in [1.29, 1.82) is 0 Å². The van der Waals surface area contributed by atoms with Crippen LogP contribution in [0.3, 0.4) is 0 Å². The summed E-state index contributed by atoms with van der Waals surface area (Å²) in [7, 11) is 0. The maximum absolute atomic E-state index is 11.1. The van der Waals surface area contributed by atoms with E-state index in [2.05, 4.69) is 0 Å². The molecule has 5 heteroatoms. The average Bonchev–Trinajstić information content (AvgIpc) is 2.45. The van der Waals surface area contributed by atoms with Crippen molar-refractivity contribution in [2.24, 2.45) is 0 Å². The number of hydrogen-bond acceptors (Lipinski definition) is 4. The number of hydrogen-bond donors (Lipinski definition) is 1. The molecule has 0 bridgehead atoms. The summed E-state index contributed by atoms with van der Waals surface area (Å²) in [5.74, 6) is 0.197. The Balaban J connectivity index is 2.21. The van der Waals surface area contributed by atoms with Gasteiger partial charge < -0.3 is 9.84 Å². The number of aliphatic hydroxyl groups excluding tert-OH is 1. The van der Waals surface area contributed by atoms with Crippen molar-refractivity contribution >= 4 is 5.69 Å².